The topological polar surface area (TPSA) is 63.6 Å². The lowest BCUT2D eigenvalue weighted by atomic mass is 9.57. The number of carbonyl (C=O) groups is 2. The van der Waals surface area contributed by atoms with Gasteiger partial charge < -0.3 is 9.84 Å². The van der Waals surface area contributed by atoms with Crippen LogP contribution in [0.3, 0.4) is 0 Å². The van der Waals surface area contributed by atoms with Crippen molar-refractivity contribution < 1.29 is 19.4 Å². The average molecular weight is 340 g/mol. The summed E-state index contributed by atoms with van der Waals surface area (Å²) in [5.74, 6) is -1.92. The van der Waals surface area contributed by atoms with Crippen molar-refractivity contribution in [3.63, 3.8) is 0 Å². The summed E-state index contributed by atoms with van der Waals surface area (Å²) in [4.78, 5) is 24.3. The van der Waals surface area contributed by atoms with Gasteiger partial charge in [-0.1, -0.05) is 55.8 Å². The zero-order valence-corrected chi connectivity index (χ0v) is 14.5. The molecule has 1 aliphatic rings. The van der Waals surface area contributed by atoms with Gasteiger partial charge in [0.1, 0.15) is 0 Å². The molecule has 4 heteroatoms. The van der Waals surface area contributed by atoms with E-state index in [4.69, 9.17) is 4.74 Å². The van der Waals surface area contributed by atoms with Gasteiger partial charge in [-0.05, 0) is 42.0 Å². The zero-order chi connectivity index (χ0) is 17.9. The molecule has 132 valence electrons. The van der Waals surface area contributed by atoms with Gasteiger partial charge in [0.15, 0.2) is 0 Å². The van der Waals surface area contributed by atoms with Crippen molar-refractivity contribution in [3.05, 3.63) is 48.0 Å². The standard InChI is InChI=1S/C21H24O4/c1-2-3-12-25-20(24)21(11-10-18(21)19(22)23)14-15-8-9-16-6-4-5-7-17(16)13-15/h4-9,13,18H,2-3,10-12,14H2,1H3,(H,22,23)/t18-,21+/m1/s1. The minimum atomic E-state index is -0.929. The molecule has 1 saturated carbocycles. The van der Waals surface area contributed by atoms with E-state index in [2.05, 4.69) is 0 Å². The predicted molar refractivity (Wildman–Crippen MR) is 96.3 cm³/mol. The fourth-order valence-corrected chi connectivity index (χ4v) is 3.69. The summed E-state index contributed by atoms with van der Waals surface area (Å²) in [6.07, 6.45) is 3.26. The van der Waals surface area contributed by atoms with Crippen LogP contribution in [0.5, 0.6) is 0 Å². The third-order valence-electron chi connectivity index (χ3n) is 5.32. The number of aliphatic carboxylic acids is 1. The van der Waals surface area contributed by atoms with Crippen LogP contribution in [0.15, 0.2) is 42.5 Å². The van der Waals surface area contributed by atoms with Gasteiger partial charge in [-0.2, -0.15) is 0 Å². The summed E-state index contributed by atoms with van der Waals surface area (Å²) in [7, 11) is 0. The Morgan fingerprint density at radius 1 is 1.20 bits per heavy atom. The quantitative estimate of drug-likeness (QED) is 0.606. The molecule has 0 amide bonds. The molecule has 0 unspecified atom stereocenters. The van der Waals surface area contributed by atoms with Crippen LogP contribution in [0.1, 0.15) is 38.2 Å². The fourth-order valence-electron chi connectivity index (χ4n) is 3.69. The Morgan fingerprint density at radius 2 is 1.96 bits per heavy atom. The zero-order valence-electron chi connectivity index (χ0n) is 14.5. The number of hydrogen-bond donors (Lipinski definition) is 1. The van der Waals surface area contributed by atoms with Crippen LogP contribution in [0.4, 0.5) is 0 Å². The van der Waals surface area contributed by atoms with Crippen LogP contribution < -0.4 is 0 Å². The molecule has 0 saturated heterocycles. The Morgan fingerprint density at radius 3 is 2.60 bits per heavy atom. The minimum absolute atomic E-state index is 0.354. The first kappa shape index (κ1) is 17.5. The van der Waals surface area contributed by atoms with E-state index in [1.807, 2.05) is 49.4 Å². The molecule has 2 aromatic rings. The lowest BCUT2D eigenvalue weighted by Crippen LogP contribution is -2.52. The molecule has 1 aliphatic carbocycles. The average Bonchev–Trinajstić information content (AvgIpc) is 2.58. The van der Waals surface area contributed by atoms with Crippen molar-refractivity contribution in [2.24, 2.45) is 11.3 Å². The number of hydrogen-bond acceptors (Lipinski definition) is 3. The summed E-state index contributed by atoms with van der Waals surface area (Å²) in [5, 5.41) is 11.8. The number of carboxylic acid groups (broad SMARTS) is 1. The molecule has 2 atom stereocenters. The minimum Gasteiger partial charge on any atom is -0.481 e. The highest BCUT2D eigenvalue weighted by atomic mass is 16.5. The van der Waals surface area contributed by atoms with Gasteiger partial charge in [0.05, 0.1) is 17.9 Å². The molecule has 4 nitrogen and oxygen atoms in total. The third-order valence-corrected chi connectivity index (χ3v) is 5.32. The van der Waals surface area contributed by atoms with Crippen molar-refractivity contribution in [2.45, 2.75) is 39.0 Å². The van der Waals surface area contributed by atoms with Crippen molar-refractivity contribution in [1.29, 1.82) is 0 Å². The van der Waals surface area contributed by atoms with Crippen LogP contribution in [0.25, 0.3) is 10.8 Å². The number of carboxylic acids is 1. The Bertz CT molecular complexity index is 782. The van der Waals surface area contributed by atoms with E-state index in [0.29, 0.717) is 25.9 Å². The first-order valence-corrected chi connectivity index (χ1v) is 8.94. The first-order chi connectivity index (χ1) is 12.1. The second-order valence-electron chi connectivity index (χ2n) is 6.93. The number of ether oxygens (including phenoxy) is 1. The van der Waals surface area contributed by atoms with Crippen molar-refractivity contribution in [3.8, 4) is 0 Å². The Balaban J connectivity index is 1.86. The van der Waals surface area contributed by atoms with Gasteiger partial charge in [0.25, 0.3) is 0 Å². The summed E-state index contributed by atoms with van der Waals surface area (Å²) in [6.45, 7) is 2.39. The third kappa shape index (κ3) is 3.39. The first-order valence-electron chi connectivity index (χ1n) is 8.94. The fraction of sp³-hybridized carbons (Fsp3) is 0.429. The molecule has 3 rings (SSSR count). The molecular weight excluding hydrogens is 316 g/mol. The summed E-state index contributed by atoms with van der Waals surface area (Å²) in [5.41, 5.74) is 0.0549. The van der Waals surface area contributed by atoms with Gasteiger partial charge in [-0.25, -0.2) is 0 Å². The number of fused-ring (bicyclic) bond motifs is 1. The van der Waals surface area contributed by atoms with Crippen LogP contribution in [-0.2, 0) is 20.7 Å². The van der Waals surface area contributed by atoms with Gasteiger partial charge >= 0.3 is 11.9 Å². The smallest absolute Gasteiger partial charge is 0.313 e. The summed E-state index contributed by atoms with van der Waals surface area (Å²) in [6, 6.07) is 14.1. The van der Waals surface area contributed by atoms with Crippen LogP contribution in [-0.4, -0.2) is 23.7 Å². The second-order valence-corrected chi connectivity index (χ2v) is 6.93. The molecule has 2 aromatic carbocycles. The van der Waals surface area contributed by atoms with Crippen LogP contribution >= 0.6 is 0 Å². The number of carbonyl (C=O) groups excluding carboxylic acids is 1. The van der Waals surface area contributed by atoms with Crippen LogP contribution in [0, 0.1) is 11.3 Å². The molecule has 1 N–H and O–H groups in total. The number of esters is 1. The van der Waals surface area contributed by atoms with Crippen molar-refractivity contribution >= 4 is 22.7 Å². The molecule has 25 heavy (non-hydrogen) atoms. The normalized spacial score (nSPS) is 22.4. The van der Waals surface area contributed by atoms with Gasteiger partial charge in [0, 0.05) is 0 Å². The van der Waals surface area contributed by atoms with E-state index in [1.165, 1.54) is 0 Å². The maximum atomic E-state index is 12.7. The lowest BCUT2D eigenvalue weighted by molar-refractivity contribution is -0.178. The maximum Gasteiger partial charge on any atom is 0.313 e. The van der Waals surface area contributed by atoms with E-state index in [-0.39, 0.29) is 5.97 Å². The summed E-state index contributed by atoms with van der Waals surface area (Å²) < 4.78 is 5.43. The molecular formula is C21H24O4. The van der Waals surface area contributed by atoms with E-state index in [1.54, 1.807) is 0 Å². The highest BCUT2D eigenvalue weighted by molar-refractivity contribution is 5.87. The number of rotatable bonds is 7. The second kappa shape index (κ2) is 7.26. The number of unbranched alkanes of at least 4 members (excludes halogenated alkanes) is 1. The van der Waals surface area contributed by atoms with Crippen LogP contribution in [0.2, 0.25) is 0 Å². The molecule has 0 heterocycles. The van der Waals surface area contributed by atoms with E-state index in [9.17, 15) is 14.7 Å². The monoisotopic (exact) mass is 340 g/mol. The van der Waals surface area contributed by atoms with Gasteiger partial charge in [-0.3, -0.25) is 9.59 Å². The Labute approximate surface area is 147 Å². The highest BCUT2D eigenvalue weighted by Gasteiger charge is 2.57. The van der Waals surface area contributed by atoms with E-state index in [0.717, 1.165) is 29.2 Å². The SMILES string of the molecule is CCCCOC(=O)[C@]1(Cc2ccc3ccccc3c2)CC[C@@H]1C(=O)O. The molecule has 0 radical (unpaired) electrons. The molecule has 1 fully saturated rings. The Hall–Kier alpha value is -2.36. The van der Waals surface area contributed by atoms with Gasteiger partial charge in [-0.15, -0.1) is 0 Å². The van der Waals surface area contributed by atoms with E-state index >= 15 is 0 Å². The molecule has 0 aliphatic heterocycles. The molecule has 0 bridgehead atoms. The Kier molecular flexibility index (Phi) is 5.07. The van der Waals surface area contributed by atoms with Crippen molar-refractivity contribution in [2.75, 3.05) is 6.61 Å². The molecule has 0 aromatic heterocycles. The van der Waals surface area contributed by atoms with Gasteiger partial charge in [0.2, 0.25) is 0 Å². The largest absolute Gasteiger partial charge is 0.481 e. The molecule has 0 spiro atoms. The predicted octanol–water partition coefficient (Wildman–Crippen LogP) is 4.21. The van der Waals surface area contributed by atoms with Crippen molar-refractivity contribution in [1.82, 2.24) is 0 Å². The van der Waals surface area contributed by atoms with E-state index < -0.39 is 17.3 Å². The lowest BCUT2D eigenvalue weighted by Gasteiger charge is -2.45. The highest BCUT2D eigenvalue weighted by Crippen LogP contribution is 2.50. The number of benzene rings is 2. The maximum absolute atomic E-state index is 12.7. The summed E-state index contributed by atoms with van der Waals surface area (Å²) >= 11 is 0.